The summed E-state index contributed by atoms with van der Waals surface area (Å²) in [5, 5.41) is -0.0538. The van der Waals surface area contributed by atoms with Crippen LogP contribution in [0.1, 0.15) is 21.5 Å². The highest BCUT2D eigenvalue weighted by atomic mass is 35.5. The quantitative estimate of drug-likeness (QED) is 0.763. The highest BCUT2D eigenvalue weighted by Crippen LogP contribution is 2.33. The Bertz CT molecular complexity index is 853. The molecule has 0 unspecified atom stereocenters. The smallest absolute Gasteiger partial charge is 0.380 e. The normalized spacial score (nSPS) is 15.0. The van der Waals surface area contributed by atoms with E-state index in [1.807, 2.05) is 12.1 Å². The molecule has 28 heavy (non-hydrogen) atoms. The Morgan fingerprint density at radius 3 is 2.54 bits per heavy atom. The molecule has 1 aliphatic rings. The maximum atomic E-state index is 12.8. The van der Waals surface area contributed by atoms with Crippen molar-refractivity contribution in [1.82, 2.24) is 9.88 Å². The van der Waals surface area contributed by atoms with Gasteiger partial charge >= 0.3 is 6.18 Å². The topological polar surface area (TPSA) is 45.7 Å². The summed E-state index contributed by atoms with van der Waals surface area (Å²) in [5.41, 5.74) is 0.604. The molecule has 1 aromatic heterocycles. The molecule has 0 aliphatic carbocycles. The lowest BCUT2D eigenvalue weighted by Gasteiger charge is -2.36. The van der Waals surface area contributed by atoms with E-state index < -0.39 is 11.7 Å². The van der Waals surface area contributed by atoms with Gasteiger partial charge in [-0.1, -0.05) is 23.7 Å². The van der Waals surface area contributed by atoms with E-state index in [1.165, 1.54) is 0 Å². The lowest BCUT2D eigenvalue weighted by atomic mass is 10.1. The van der Waals surface area contributed by atoms with Crippen molar-refractivity contribution in [3.05, 3.63) is 58.2 Å². The molecule has 150 valence electrons. The number of nitrogens with zero attached hydrogens (tertiary/aromatic N) is 3. The van der Waals surface area contributed by atoms with Gasteiger partial charge in [-0.2, -0.15) is 13.2 Å². The van der Waals surface area contributed by atoms with Crippen LogP contribution in [0.2, 0.25) is 5.02 Å². The summed E-state index contributed by atoms with van der Waals surface area (Å²) < 4.78 is 43.4. The summed E-state index contributed by atoms with van der Waals surface area (Å²) in [4.78, 5) is 20.1. The van der Waals surface area contributed by atoms with Gasteiger partial charge in [-0.15, -0.1) is 0 Å². The van der Waals surface area contributed by atoms with Gasteiger partial charge in [0.15, 0.2) is 0 Å². The van der Waals surface area contributed by atoms with Crippen molar-refractivity contribution in [2.45, 2.75) is 12.8 Å². The van der Waals surface area contributed by atoms with Gasteiger partial charge in [0.1, 0.15) is 5.82 Å². The summed E-state index contributed by atoms with van der Waals surface area (Å²) in [6.07, 6.45) is -3.71. The first-order chi connectivity index (χ1) is 13.3. The number of piperazine rings is 1. The van der Waals surface area contributed by atoms with E-state index in [-0.39, 0.29) is 10.9 Å². The van der Waals surface area contributed by atoms with Crippen LogP contribution in [-0.2, 0) is 17.5 Å². The molecule has 0 saturated carbocycles. The summed E-state index contributed by atoms with van der Waals surface area (Å²) in [7, 11) is 1.59. The number of hydrogen-bond donors (Lipinski definition) is 0. The molecule has 0 atom stereocenters. The molecule has 5 nitrogen and oxygen atoms in total. The van der Waals surface area contributed by atoms with E-state index in [0.29, 0.717) is 44.2 Å². The molecule has 1 aromatic carbocycles. The number of ether oxygens (including phenoxy) is 1. The Morgan fingerprint density at radius 1 is 1.21 bits per heavy atom. The second kappa shape index (κ2) is 8.36. The van der Waals surface area contributed by atoms with E-state index in [4.69, 9.17) is 16.3 Å². The van der Waals surface area contributed by atoms with Gasteiger partial charge in [0.25, 0.3) is 5.91 Å². The number of methoxy groups -OCH3 is 1. The molecule has 9 heteroatoms. The molecule has 0 radical (unpaired) electrons. The Balaban J connectivity index is 1.66. The minimum Gasteiger partial charge on any atom is -0.380 e. The monoisotopic (exact) mass is 413 g/mol. The zero-order valence-electron chi connectivity index (χ0n) is 15.2. The van der Waals surface area contributed by atoms with Crippen LogP contribution in [0.25, 0.3) is 0 Å². The van der Waals surface area contributed by atoms with Gasteiger partial charge in [0.2, 0.25) is 0 Å². The van der Waals surface area contributed by atoms with Crippen molar-refractivity contribution < 1.29 is 22.7 Å². The fourth-order valence-electron chi connectivity index (χ4n) is 3.08. The minimum absolute atomic E-state index is 0.0538. The Kier molecular flexibility index (Phi) is 6.10. The molecular weight excluding hydrogens is 395 g/mol. The van der Waals surface area contributed by atoms with Crippen molar-refractivity contribution >= 4 is 23.3 Å². The van der Waals surface area contributed by atoms with Crippen LogP contribution in [0.3, 0.4) is 0 Å². The molecule has 2 heterocycles. The molecule has 1 amide bonds. The fraction of sp³-hybridized carbons (Fsp3) is 0.368. The lowest BCUT2D eigenvalue weighted by Crippen LogP contribution is -2.49. The average molecular weight is 414 g/mol. The Labute approximate surface area is 165 Å². The standard InChI is InChI=1S/C19H19ClF3N3O2/c1-28-12-13-3-2-4-14(9-13)18(27)26-7-5-25(6-8-26)17-16(20)10-15(11-24-17)19(21,22)23/h2-4,9-11H,5-8,12H2,1H3. The van der Waals surface area contributed by atoms with Crippen molar-refractivity contribution in [3.63, 3.8) is 0 Å². The summed E-state index contributed by atoms with van der Waals surface area (Å²) >= 11 is 6.01. The lowest BCUT2D eigenvalue weighted by molar-refractivity contribution is -0.137. The molecule has 1 aliphatic heterocycles. The predicted molar refractivity (Wildman–Crippen MR) is 99.5 cm³/mol. The largest absolute Gasteiger partial charge is 0.417 e. The van der Waals surface area contributed by atoms with Crippen molar-refractivity contribution in [3.8, 4) is 0 Å². The number of aromatic nitrogens is 1. The fourth-order valence-corrected chi connectivity index (χ4v) is 3.37. The van der Waals surface area contributed by atoms with Crippen LogP contribution in [0.5, 0.6) is 0 Å². The number of carbonyl (C=O) groups excluding carboxylic acids is 1. The SMILES string of the molecule is COCc1cccc(C(=O)N2CCN(c3ncc(C(F)(F)F)cc3Cl)CC2)c1. The molecule has 0 spiro atoms. The number of pyridine rings is 1. The van der Waals surface area contributed by atoms with Crippen LogP contribution in [0.15, 0.2) is 36.5 Å². The minimum atomic E-state index is -4.49. The van der Waals surface area contributed by atoms with Gasteiger partial charge in [-0.25, -0.2) is 4.98 Å². The number of alkyl halides is 3. The predicted octanol–water partition coefficient (Wildman–Crippen LogP) is 3.86. The van der Waals surface area contributed by atoms with Gasteiger partial charge in [0.05, 0.1) is 17.2 Å². The Morgan fingerprint density at radius 2 is 1.93 bits per heavy atom. The average Bonchev–Trinajstić information content (AvgIpc) is 2.67. The zero-order chi connectivity index (χ0) is 20.3. The molecule has 0 N–H and O–H groups in total. The number of carbonyl (C=O) groups is 1. The number of anilines is 1. The van der Waals surface area contributed by atoms with E-state index in [0.717, 1.165) is 17.8 Å². The van der Waals surface area contributed by atoms with Crippen molar-refractivity contribution in [2.24, 2.45) is 0 Å². The van der Waals surface area contributed by atoms with Crippen LogP contribution in [0.4, 0.5) is 19.0 Å². The molecule has 1 saturated heterocycles. The maximum absolute atomic E-state index is 12.8. The molecule has 3 rings (SSSR count). The first-order valence-electron chi connectivity index (χ1n) is 8.64. The first kappa shape index (κ1) is 20.4. The van der Waals surface area contributed by atoms with Gasteiger partial charge in [-0.3, -0.25) is 4.79 Å². The van der Waals surface area contributed by atoms with E-state index >= 15 is 0 Å². The van der Waals surface area contributed by atoms with Gasteiger partial charge < -0.3 is 14.5 Å². The second-order valence-electron chi connectivity index (χ2n) is 6.44. The number of halogens is 4. The number of benzene rings is 1. The third-order valence-corrected chi connectivity index (χ3v) is 4.78. The highest BCUT2D eigenvalue weighted by Gasteiger charge is 2.32. The van der Waals surface area contributed by atoms with Gasteiger partial charge in [-0.05, 0) is 23.8 Å². The summed E-state index contributed by atoms with van der Waals surface area (Å²) in [6, 6.07) is 8.12. The zero-order valence-corrected chi connectivity index (χ0v) is 15.9. The summed E-state index contributed by atoms with van der Waals surface area (Å²) in [5.74, 6) is 0.202. The van der Waals surface area contributed by atoms with Crippen LogP contribution >= 0.6 is 11.6 Å². The van der Waals surface area contributed by atoms with Gasteiger partial charge in [0, 0.05) is 45.0 Å². The van der Waals surface area contributed by atoms with Crippen LogP contribution < -0.4 is 4.90 Å². The van der Waals surface area contributed by atoms with Crippen molar-refractivity contribution in [1.29, 1.82) is 0 Å². The van der Waals surface area contributed by atoms with Crippen LogP contribution in [0, 0.1) is 0 Å². The Hall–Kier alpha value is -2.32. The molecular formula is C19H19ClF3N3O2. The molecule has 2 aromatic rings. The summed E-state index contributed by atoms with van der Waals surface area (Å²) in [6.45, 7) is 2.13. The molecule has 0 bridgehead atoms. The highest BCUT2D eigenvalue weighted by molar-refractivity contribution is 6.33. The number of rotatable bonds is 4. The second-order valence-corrected chi connectivity index (χ2v) is 6.85. The van der Waals surface area contributed by atoms with Crippen LogP contribution in [-0.4, -0.2) is 49.1 Å². The van der Waals surface area contributed by atoms with E-state index in [2.05, 4.69) is 4.98 Å². The first-order valence-corrected chi connectivity index (χ1v) is 9.02. The third-order valence-electron chi connectivity index (χ3n) is 4.50. The van der Waals surface area contributed by atoms with Crippen molar-refractivity contribution in [2.75, 3.05) is 38.2 Å². The van der Waals surface area contributed by atoms with E-state index in [1.54, 1.807) is 29.0 Å². The van der Waals surface area contributed by atoms with E-state index in [9.17, 15) is 18.0 Å². The molecule has 1 fully saturated rings. The third kappa shape index (κ3) is 4.56. The maximum Gasteiger partial charge on any atom is 0.417 e. The number of hydrogen-bond acceptors (Lipinski definition) is 4. The number of amides is 1.